The molecule has 0 heterocycles. The topological polar surface area (TPSA) is 18.5 Å². The van der Waals surface area contributed by atoms with Crippen LogP contribution in [0, 0.1) is 0 Å². The summed E-state index contributed by atoms with van der Waals surface area (Å²) in [5.74, 6) is 0.668. The van der Waals surface area contributed by atoms with E-state index < -0.39 is 0 Å². The van der Waals surface area contributed by atoms with Gasteiger partial charge in [0, 0.05) is 12.7 Å². The van der Waals surface area contributed by atoms with E-state index in [1.165, 1.54) is 0 Å². The summed E-state index contributed by atoms with van der Waals surface area (Å²) in [6.45, 7) is 4.72. The van der Waals surface area contributed by atoms with E-state index in [1.807, 2.05) is 12.1 Å². The van der Waals surface area contributed by atoms with Crippen molar-refractivity contribution in [2.45, 2.75) is 0 Å². The molecule has 0 aromatic heterocycles. The van der Waals surface area contributed by atoms with Gasteiger partial charge in [0.15, 0.2) is 0 Å². The first-order valence-electron chi connectivity index (χ1n) is 4.32. The van der Waals surface area contributed by atoms with Crippen LogP contribution < -0.4 is 4.74 Å². The molecule has 1 rings (SSSR count). The third-order valence-corrected chi connectivity index (χ3v) is 2.05. The first kappa shape index (κ1) is 11.1. The fourth-order valence-corrected chi connectivity index (χ4v) is 1.30. The van der Waals surface area contributed by atoms with Crippen molar-refractivity contribution in [3.05, 3.63) is 35.4 Å². The summed E-state index contributed by atoms with van der Waals surface area (Å²) in [5, 5.41) is 0.596. The molecule has 0 aliphatic rings. The van der Waals surface area contributed by atoms with Crippen molar-refractivity contribution in [3.63, 3.8) is 0 Å². The van der Waals surface area contributed by atoms with Gasteiger partial charge in [-0.15, -0.1) is 0 Å². The van der Waals surface area contributed by atoms with Gasteiger partial charge in [0.25, 0.3) is 0 Å². The molecule has 0 radical (unpaired) electrons. The highest BCUT2D eigenvalue weighted by Crippen LogP contribution is 2.29. The Morgan fingerprint density at radius 2 is 2.21 bits per heavy atom. The van der Waals surface area contributed by atoms with E-state index in [-0.39, 0.29) is 0 Å². The molecule has 0 saturated heterocycles. The molecule has 0 bridgehead atoms. The van der Waals surface area contributed by atoms with Crippen molar-refractivity contribution in [1.29, 1.82) is 0 Å². The summed E-state index contributed by atoms with van der Waals surface area (Å²) in [4.78, 5) is 0. The zero-order valence-corrected chi connectivity index (χ0v) is 8.88. The van der Waals surface area contributed by atoms with Gasteiger partial charge in [-0.05, 0) is 6.07 Å². The molecular weight excluding hydrogens is 200 g/mol. The summed E-state index contributed by atoms with van der Waals surface area (Å²) in [6, 6.07) is 5.56. The fourth-order valence-electron chi connectivity index (χ4n) is 1.07. The number of benzene rings is 1. The Labute approximate surface area is 89.1 Å². The van der Waals surface area contributed by atoms with Crippen LogP contribution in [0.25, 0.3) is 6.08 Å². The van der Waals surface area contributed by atoms with Crippen molar-refractivity contribution < 1.29 is 9.47 Å². The summed E-state index contributed by atoms with van der Waals surface area (Å²) in [5.41, 5.74) is 0.897. The van der Waals surface area contributed by atoms with E-state index in [2.05, 4.69) is 6.58 Å². The molecule has 0 aliphatic carbocycles. The first-order chi connectivity index (χ1) is 6.79. The second kappa shape index (κ2) is 5.68. The molecule has 76 valence electrons. The monoisotopic (exact) mass is 212 g/mol. The smallest absolute Gasteiger partial charge is 0.145 e. The van der Waals surface area contributed by atoms with Crippen LogP contribution in [-0.2, 0) is 4.74 Å². The third-order valence-electron chi connectivity index (χ3n) is 1.75. The average Bonchev–Trinajstić information content (AvgIpc) is 2.20. The van der Waals surface area contributed by atoms with Crippen LogP contribution in [0.4, 0.5) is 0 Å². The minimum Gasteiger partial charge on any atom is -0.489 e. The summed E-state index contributed by atoms with van der Waals surface area (Å²) < 4.78 is 10.4. The van der Waals surface area contributed by atoms with Gasteiger partial charge in [0.2, 0.25) is 0 Å². The summed E-state index contributed by atoms with van der Waals surface area (Å²) in [7, 11) is 1.63. The molecule has 1 aromatic carbocycles. The minimum atomic E-state index is 0.487. The van der Waals surface area contributed by atoms with Gasteiger partial charge in [0.1, 0.15) is 12.4 Å². The number of para-hydroxylation sites is 1. The fraction of sp³-hybridized carbons (Fsp3) is 0.273. The highest BCUT2D eigenvalue weighted by molar-refractivity contribution is 6.32. The lowest BCUT2D eigenvalue weighted by Gasteiger charge is -2.10. The standard InChI is InChI=1S/C11H13ClO2/c1-3-9-5-4-6-10(12)11(9)14-8-7-13-2/h3-6H,1,7-8H2,2H3. The van der Waals surface area contributed by atoms with Crippen molar-refractivity contribution >= 4 is 17.7 Å². The highest BCUT2D eigenvalue weighted by atomic mass is 35.5. The van der Waals surface area contributed by atoms with E-state index >= 15 is 0 Å². The molecule has 3 heteroatoms. The molecule has 0 fully saturated rings. The van der Waals surface area contributed by atoms with Crippen LogP contribution in [0.3, 0.4) is 0 Å². The summed E-state index contributed by atoms with van der Waals surface area (Å²) in [6.07, 6.45) is 1.72. The van der Waals surface area contributed by atoms with Crippen LogP contribution >= 0.6 is 11.6 Å². The highest BCUT2D eigenvalue weighted by Gasteiger charge is 2.04. The van der Waals surface area contributed by atoms with Gasteiger partial charge in [-0.1, -0.05) is 36.4 Å². The Bertz CT molecular complexity index is 310. The first-order valence-corrected chi connectivity index (χ1v) is 4.70. The number of hydrogen-bond donors (Lipinski definition) is 0. The molecule has 0 atom stereocenters. The average molecular weight is 213 g/mol. The van der Waals surface area contributed by atoms with Crippen LogP contribution in [-0.4, -0.2) is 20.3 Å². The molecule has 0 saturated carbocycles. The molecule has 0 spiro atoms. The Morgan fingerprint density at radius 1 is 1.43 bits per heavy atom. The molecule has 14 heavy (non-hydrogen) atoms. The van der Waals surface area contributed by atoms with Crippen molar-refractivity contribution in [1.82, 2.24) is 0 Å². The lowest BCUT2D eigenvalue weighted by molar-refractivity contribution is 0.146. The largest absolute Gasteiger partial charge is 0.489 e. The zero-order chi connectivity index (χ0) is 10.4. The predicted molar refractivity (Wildman–Crippen MR) is 58.9 cm³/mol. The van der Waals surface area contributed by atoms with Gasteiger partial charge in [-0.2, -0.15) is 0 Å². The number of ether oxygens (including phenoxy) is 2. The minimum absolute atomic E-state index is 0.487. The quantitative estimate of drug-likeness (QED) is 0.699. The predicted octanol–water partition coefficient (Wildman–Crippen LogP) is 3.01. The number of rotatable bonds is 5. The van der Waals surface area contributed by atoms with Crippen LogP contribution in [0.1, 0.15) is 5.56 Å². The maximum atomic E-state index is 5.97. The van der Waals surface area contributed by atoms with E-state index in [4.69, 9.17) is 21.1 Å². The molecule has 0 unspecified atom stereocenters. The van der Waals surface area contributed by atoms with Gasteiger partial charge < -0.3 is 9.47 Å². The maximum Gasteiger partial charge on any atom is 0.145 e. The van der Waals surface area contributed by atoms with Gasteiger partial charge in [-0.3, -0.25) is 0 Å². The second-order valence-corrected chi connectivity index (χ2v) is 3.11. The van der Waals surface area contributed by atoms with Crippen molar-refractivity contribution in [3.8, 4) is 5.75 Å². The molecule has 0 amide bonds. The lowest BCUT2D eigenvalue weighted by atomic mass is 10.2. The Hall–Kier alpha value is -0.990. The molecule has 1 aromatic rings. The number of halogens is 1. The van der Waals surface area contributed by atoms with Crippen molar-refractivity contribution in [2.24, 2.45) is 0 Å². The summed E-state index contributed by atoms with van der Waals surface area (Å²) >= 11 is 5.97. The van der Waals surface area contributed by atoms with Crippen LogP contribution in [0.15, 0.2) is 24.8 Å². The van der Waals surface area contributed by atoms with E-state index in [0.29, 0.717) is 24.0 Å². The number of hydrogen-bond acceptors (Lipinski definition) is 2. The van der Waals surface area contributed by atoms with Gasteiger partial charge >= 0.3 is 0 Å². The van der Waals surface area contributed by atoms with Gasteiger partial charge in [0.05, 0.1) is 11.6 Å². The lowest BCUT2D eigenvalue weighted by Crippen LogP contribution is -2.05. The molecular formula is C11H13ClO2. The Kier molecular flexibility index (Phi) is 4.50. The SMILES string of the molecule is C=Cc1cccc(Cl)c1OCCOC. The molecule has 0 N–H and O–H groups in total. The van der Waals surface area contributed by atoms with E-state index in [1.54, 1.807) is 19.3 Å². The maximum absolute atomic E-state index is 5.97. The van der Waals surface area contributed by atoms with E-state index in [0.717, 1.165) is 5.56 Å². The third kappa shape index (κ3) is 2.76. The van der Waals surface area contributed by atoms with Crippen LogP contribution in [0.2, 0.25) is 5.02 Å². The zero-order valence-electron chi connectivity index (χ0n) is 8.13. The van der Waals surface area contributed by atoms with Gasteiger partial charge in [-0.25, -0.2) is 0 Å². The second-order valence-electron chi connectivity index (χ2n) is 2.70. The normalized spacial score (nSPS) is 9.86. The van der Waals surface area contributed by atoms with Crippen LogP contribution in [0.5, 0.6) is 5.75 Å². The Balaban J connectivity index is 2.77. The Morgan fingerprint density at radius 3 is 2.86 bits per heavy atom. The molecule has 2 nitrogen and oxygen atoms in total. The molecule has 0 aliphatic heterocycles. The number of methoxy groups -OCH3 is 1. The van der Waals surface area contributed by atoms with Crippen molar-refractivity contribution in [2.75, 3.05) is 20.3 Å². The van der Waals surface area contributed by atoms with E-state index in [9.17, 15) is 0 Å².